The van der Waals surface area contributed by atoms with Crippen molar-refractivity contribution in [1.82, 2.24) is 5.32 Å². The van der Waals surface area contributed by atoms with Crippen molar-refractivity contribution in [2.24, 2.45) is 0 Å². The molecule has 0 fully saturated rings. The third-order valence-electron chi connectivity index (χ3n) is 3.13. The zero-order chi connectivity index (χ0) is 15.4. The van der Waals surface area contributed by atoms with E-state index in [1.54, 1.807) is 13.2 Å². The lowest BCUT2D eigenvalue weighted by Crippen LogP contribution is -2.40. The second-order valence-electron chi connectivity index (χ2n) is 6.56. The average molecular weight is 300 g/mol. The predicted molar refractivity (Wildman–Crippen MR) is 84.7 cm³/mol. The Balaban J connectivity index is 2.68. The Morgan fingerprint density at radius 3 is 2.45 bits per heavy atom. The Labute approximate surface area is 127 Å². The smallest absolute Gasteiger partial charge is 0.122 e. The van der Waals surface area contributed by atoms with Gasteiger partial charge in [0.25, 0.3) is 0 Å². The van der Waals surface area contributed by atoms with E-state index < -0.39 is 5.60 Å². The molecule has 0 saturated heterocycles. The molecule has 0 spiro atoms. The van der Waals surface area contributed by atoms with Crippen molar-refractivity contribution >= 4 is 11.6 Å². The van der Waals surface area contributed by atoms with Gasteiger partial charge in [-0.25, -0.2) is 0 Å². The first-order chi connectivity index (χ1) is 9.13. The highest BCUT2D eigenvalue weighted by Crippen LogP contribution is 2.27. The summed E-state index contributed by atoms with van der Waals surface area (Å²) in [6.07, 6.45) is 1.18. The van der Waals surface area contributed by atoms with Crippen LogP contribution < -0.4 is 10.1 Å². The van der Waals surface area contributed by atoms with Gasteiger partial charge in [0, 0.05) is 17.0 Å². The number of nitrogens with one attached hydrogen (secondary N) is 1. The molecule has 0 aromatic heterocycles. The van der Waals surface area contributed by atoms with Crippen LogP contribution in [0.5, 0.6) is 5.75 Å². The minimum absolute atomic E-state index is 0.0594. The van der Waals surface area contributed by atoms with Crippen LogP contribution in [0.15, 0.2) is 18.2 Å². The molecular formula is C16H26ClNO2. The van der Waals surface area contributed by atoms with Gasteiger partial charge in [-0.2, -0.15) is 0 Å². The summed E-state index contributed by atoms with van der Waals surface area (Å²) >= 11 is 6.02. The van der Waals surface area contributed by atoms with Gasteiger partial charge in [-0.3, -0.25) is 0 Å². The molecule has 3 nitrogen and oxygen atoms in total. The maximum absolute atomic E-state index is 10.5. The zero-order valence-electron chi connectivity index (χ0n) is 13.1. The van der Waals surface area contributed by atoms with E-state index in [0.717, 1.165) is 17.9 Å². The maximum atomic E-state index is 10.5. The van der Waals surface area contributed by atoms with Crippen LogP contribution in [0.4, 0.5) is 0 Å². The maximum Gasteiger partial charge on any atom is 0.122 e. The Bertz CT molecular complexity index is 439. The molecule has 1 rings (SSSR count). The summed E-state index contributed by atoms with van der Waals surface area (Å²) in [4.78, 5) is 0. The molecule has 0 aliphatic rings. The van der Waals surface area contributed by atoms with Crippen molar-refractivity contribution in [2.75, 3.05) is 13.7 Å². The van der Waals surface area contributed by atoms with Crippen molar-refractivity contribution in [3.05, 3.63) is 28.8 Å². The van der Waals surface area contributed by atoms with Gasteiger partial charge in [0.2, 0.25) is 0 Å². The number of halogens is 1. The molecule has 0 bridgehead atoms. The largest absolute Gasteiger partial charge is 0.496 e. The van der Waals surface area contributed by atoms with Gasteiger partial charge in [-0.05, 0) is 64.4 Å². The summed E-state index contributed by atoms with van der Waals surface area (Å²) < 4.78 is 5.32. The summed E-state index contributed by atoms with van der Waals surface area (Å²) in [6, 6.07) is 5.48. The van der Waals surface area contributed by atoms with Gasteiger partial charge in [0.15, 0.2) is 0 Å². The number of benzene rings is 1. The first-order valence-corrected chi connectivity index (χ1v) is 7.31. The molecule has 0 amide bonds. The zero-order valence-corrected chi connectivity index (χ0v) is 13.8. The second-order valence-corrected chi connectivity index (χ2v) is 6.99. The van der Waals surface area contributed by atoms with Crippen molar-refractivity contribution < 1.29 is 9.84 Å². The lowest BCUT2D eigenvalue weighted by Gasteiger charge is -2.27. The van der Waals surface area contributed by atoms with Gasteiger partial charge in [0.1, 0.15) is 5.75 Å². The fourth-order valence-corrected chi connectivity index (χ4v) is 2.29. The minimum Gasteiger partial charge on any atom is -0.496 e. The van der Waals surface area contributed by atoms with E-state index in [2.05, 4.69) is 26.1 Å². The normalized spacial score (nSPS) is 14.9. The lowest BCUT2D eigenvalue weighted by molar-refractivity contribution is 0.0494. The van der Waals surface area contributed by atoms with Crippen LogP contribution in [0.25, 0.3) is 0 Å². The van der Waals surface area contributed by atoms with Crippen LogP contribution in [0.1, 0.15) is 39.7 Å². The quantitative estimate of drug-likeness (QED) is 0.846. The van der Waals surface area contributed by atoms with E-state index in [1.165, 1.54) is 0 Å². The van der Waals surface area contributed by atoms with Gasteiger partial charge >= 0.3 is 0 Å². The molecule has 0 radical (unpaired) electrons. The van der Waals surface area contributed by atoms with E-state index in [0.29, 0.717) is 17.9 Å². The molecule has 20 heavy (non-hydrogen) atoms. The number of rotatable bonds is 6. The first kappa shape index (κ1) is 17.3. The summed E-state index contributed by atoms with van der Waals surface area (Å²) in [5.41, 5.74) is 0.195. The number of methoxy groups -OCH3 is 1. The lowest BCUT2D eigenvalue weighted by atomic mass is 9.92. The summed E-state index contributed by atoms with van der Waals surface area (Å²) in [7, 11) is 1.63. The fourth-order valence-electron chi connectivity index (χ4n) is 2.09. The van der Waals surface area contributed by atoms with Crippen molar-refractivity contribution in [1.29, 1.82) is 0 Å². The Hall–Kier alpha value is -0.770. The topological polar surface area (TPSA) is 41.5 Å². The Morgan fingerprint density at radius 1 is 1.25 bits per heavy atom. The molecule has 0 aliphatic heterocycles. The Kier molecular flexibility index (Phi) is 5.87. The number of hydrogen-bond acceptors (Lipinski definition) is 3. The van der Waals surface area contributed by atoms with Gasteiger partial charge in [-0.15, -0.1) is 0 Å². The summed E-state index contributed by atoms with van der Waals surface area (Å²) in [6.45, 7) is 8.95. The fraction of sp³-hybridized carbons (Fsp3) is 0.625. The molecule has 2 N–H and O–H groups in total. The third-order valence-corrected chi connectivity index (χ3v) is 3.37. The molecule has 0 saturated carbocycles. The molecule has 0 aliphatic carbocycles. The van der Waals surface area contributed by atoms with E-state index in [-0.39, 0.29) is 5.54 Å². The number of ether oxygens (including phenoxy) is 1. The van der Waals surface area contributed by atoms with Crippen LogP contribution in [0.3, 0.4) is 0 Å². The van der Waals surface area contributed by atoms with Crippen LogP contribution in [0, 0.1) is 0 Å². The Morgan fingerprint density at radius 2 is 1.90 bits per heavy atom. The molecular weight excluding hydrogens is 274 g/mol. The van der Waals surface area contributed by atoms with Gasteiger partial charge in [0.05, 0.1) is 12.7 Å². The second kappa shape index (κ2) is 6.79. The van der Waals surface area contributed by atoms with E-state index in [4.69, 9.17) is 16.3 Å². The molecule has 114 valence electrons. The van der Waals surface area contributed by atoms with Crippen LogP contribution in [-0.2, 0) is 6.42 Å². The van der Waals surface area contributed by atoms with E-state index >= 15 is 0 Å². The van der Waals surface area contributed by atoms with Crippen molar-refractivity contribution in [2.45, 2.75) is 51.7 Å². The summed E-state index contributed by atoms with van der Waals surface area (Å²) in [5.74, 6) is 0.762. The monoisotopic (exact) mass is 299 g/mol. The highest BCUT2D eigenvalue weighted by Gasteiger charge is 2.23. The number of aliphatic hydroxyl groups is 1. The predicted octanol–water partition coefficient (Wildman–Crippen LogP) is 3.42. The SMILES string of the molecule is COc1ccc(Cl)cc1CC(C)(O)CCNC(C)(C)C. The van der Waals surface area contributed by atoms with E-state index in [1.807, 2.05) is 19.1 Å². The molecule has 0 heterocycles. The molecule has 4 heteroatoms. The third kappa shape index (κ3) is 6.12. The van der Waals surface area contributed by atoms with Crippen molar-refractivity contribution in [3.8, 4) is 5.75 Å². The van der Waals surface area contributed by atoms with Crippen LogP contribution in [-0.4, -0.2) is 29.9 Å². The molecule has 1 aromatic carbocycles. The van der Waals surface area contributed by atoms with Gasteiger partial charge in [-0.1, -0.05) is 11.6 Å². The highest BCUT2D eigenvalue weighted by molar-refractivity contribution is 6.30. The molecule has 1 atom stereocenters. The minimum atomic E-state index is -0.795. The summed E-state index contributed by atoms with van der Waals surface area (Å²) in [5, 5.41) is 14.6. The molecule has 1 unspecified atom stereocenters. The number of hydrogen-bond donors (Lipinski definition) is 2. The van der Waals surface area contributed by atoms with Crippen LogP contribution in [0.2, 0.25) is 5.02 Å². The van der Waals surface area contributed by atoms with E-state index in [9.17, 15) is 5.11 Å². The average Bonchev–Trinajstić information content (AvgIpc) is 2.26. The van der Waals surface area contributed by atoms with Gasteiger partial charge < -0.3 is 15.2 Å². The standard InChI is InChI=1S/C16H26ClNO2/c1-15(2,3)18-9-8-16(4,19)11-12-10-13(17)6-7-14(12)20-5/h6-7,10,18-19H,8-9,11H2,1-5H3. The van der Waals surface area contributed by atoms with Crippen LogP contribution >= 0.6 is 11.6 Å². The first-order valence-electron chi connectivity index (χ1n) is 6.93. The van der Waals surface area contributed by atoms with Crippen molar-refractivity contribution in [3.63, 3.8) is 0 Å². The molecule has 1 aromatic rings. The highest BCUT2D eigenvalue weighted by atomic mass is 35.5.